The quantitative estimate of drug-likeness (QED) is 0.551. The Kier molecular flexibility index (Phi) is 5.01. The van der Waals surface area contributed by atoms with Crippen LogP contribution in [-0.4, -0.2) is 27.8 Å². The summed E-state index contributed by atoms with van der Waals surface area (Å²) in [5.74, 6) is -0.151. The lowest BCUT2D eigenvalue weighted by molar-refractivity contribution is -0.117. The van der Waals surface area contributed by atoms with Gasteiger partial charge >= 0.3 is 0 Å². The number of benzene rings is 2. The molecule has 1 amide bonds. The number of carbonyl (C=O) groups is 1. The van der Waals surface area contributed by atoms with Gasteiger partial charge in [-0.25, -0.2) is 4.98 Å². The largest absolute Gasteiger partial charge is 0.508 e. The molecule has 1 N–H and O–H groups in total. The average molecular weight is 456 g/mol. The monoisotopic (exact) mass is 455 g/mol. The number of hydrogen-bond donors (Lipinski definition) is 1. The lowest BCUT2D eigenvalue weighted by atomic mass is 10.2. The van der Waals surface area contributed by atoms with Gasteiger partial charge in [0.25, 0.3) is 5.91 Å². The molecule has 3 aromatic rings. The van der Waals surface area contributed by atoms with Crippen molar-refractivity contribution < 1.29 is 9.90 Å². The molecule has 1 aliphatic heterocycles. The summed E-state index contributed by atoms with van der Waals surface area (Å²) < 4.78 is 0.989. The third kappa shape index (κ3) is 3.71. The third-order valence-corrected chi connectivity index (χ3v) is 5.39. The van der Waals surface area contributed by atoms with Crippen LogP contribution in [0.5, 0.6) is 5.75 Å². The Bertz CT molecular complexity index is 1080. The van der Waals surface area contributed by atoms with Crippen LogP contribution in [0.1, 0.15) is 6.92 Å². The second-order valence-corrected chi connectivity index (χ2v) is 7.80. The van der Waals surface area contributed by atoms with Gasteiger partial charge in [0.1, 0.15) is 5.75 Å². The molecule has 0 aliphatic carbocycles. The normalized spacial score (nSPS) is 16.8. The Hall–Kier alpha value is -2.91. The van der Waals surface area contributed by atoms with Crippen LogP contribution in [-0.2, 0) is 4.79 Å². The lowest BCUT2D eigenvalue weighted by Crippen LogP contribution is -2.29. The number of carbonyl (C=O) groups excluding carboxylic acids is 1. The maximum atomic E-state index is 12.8. The van der Waals surface area contributed by atoms with E-state index in [-0.39, 0.29) is 11.7 Å². The number of halogens is 1. The van der Waals surface area contributed by atoms with E-state index in [1.807, 2.05) is 29.6 Å². The lowest BCUT2D eigenvalue weighted by Gasteiger charge is -2.08. The van der Waals surface area contributed by atoms with E-state index in [4.69, 9.17) is 0 Å². The van der Waals surface area contributed by atoms with Gasteiger partial charge in [0.05, 0.1) is 17.1 Å². The smallest absolute Gasteiger partial charge is 0.282 e. The number of amides is 1. The zero-order valence-electron chi connectivity index (χ0n) is 14.7. The van der Waals surface area contributed by atoms with E-state index < -0.39 is 6.04 Å². The fraction of sp³-hybridized carbons (Fsp3) is 0.105. The Labute approximate surface area is 173 Å². The van der Waals surface area contributed by atoms with E-state index in [0.717, 1.165) is 15.7 Å². The van der Waals surface area contributed by atoms with Crippen LogP contribution in [0, 0.1) is 0 Å². The molecule has 0 bridgehead atoms. The van der Waals surface area contributed by atoms with Gasteiger partial charge in [-0.3, -0.25) is 4.79 Å². The minimum atomic E-state index is -0.783. The fourth-order valence-corrected chi connectivity index (χ4v) is 3.64. The number of hydrazone groups is 1. The SMILES string of the molecule is CC1=NN(c2nc(-c3ccc(Br)cc3)cs2)C(=O)[C@H]1N=Nc1ccc(O)cc1. The van der Waals surface area contributed by atoms with Crippen LogP contribution < -0.4 is 5.01 Å². The number of anilines is 1. The molecule has 2 aromatic carbocycles. The van der Waals surface area contributed by atoms with Gasteiger partial charge in [0, 0.05) is 15.4 Å². The Morgan fingerprint density at radius 1 is 1.14 bits per heavy atom. The maximum Gasteiger partial charge on any atom is 0.282 e. The molecule has 140 valence electrons. The van der Waals surface area contributed by atoms with E-state index in [1.54, 1.807) is 19.1 Å². The van der Waals surface area contributed by atoms with E-state index in [0.29, 0.717) is 16.5 Å². The topological polar surface area (TPSA) is 90.5 Å². The number of nitrogens with zero attached hydrogens (tertiary/aromatic N) is 5. The Morgan fingerprint density at radius 2 is 1.86 bits per heavy atom. The summed E-state index contributed by atoms with van der Waals surface area (Å²) in [5, 5.41) is 25.5. The number of rotatable bonds is 4. The molecule has 0 saturated carbocycles. The standard InChI is InChI=1S/C19H14BrN5O2S/c1-11-17(23-22-14-6-8-15(26)9-7-14)18(27)25(24-11)19-21-16(10-28-19)12-2-4-13(20)5-3-12/h2-10,17,26H,1H3/t17-/m0/s1. The predicted octanol–water partition coefficient (Wildman–Crippen LogP) is 5.15. The van der Waals surface area contributed by atoms with E-state index in [9.17, 15) is 9.90 Å². The van der Waals surface area contributed by atoms with Crippen LogP contribution in [0.4, 0.5) is 10.8 Å². The average Bonchev–Trinajstić information content (AvgIpc) is 3.27. The number of azo groups is 1. The van der Waals surface area contributed by atoms with Crippen molar-refractivity contribution >= 4 is 49.7 Å². The van der Waals surface area contributed by atoms with Crippen molar-refractivity contribution in [1.82, 2.24) is 4.98 Å². The molecular formula is C19H14BrN5O2S. The first-order valence-electron chi connectivity index (χ1n) is 8.32. The van der Waals surface area contributed by atoms with Gasteiger partial charge in [-0.1, -0.05) is 28.1 Å². The van der Waals surface area contributed by atoms with Crippen LogP contribution in [0.25, 0.3) is 11.3 Å². The van der Waals surface area contributed by atoms with Crippen molar-refractivity contribution in [1.29, 1.82) is 0 Å². The van der Waals surface area contributed by atoms with Gasteiger partial charge < -0.3 is 5.11 Å². The molecule has 0 fully saturated rings. The van der Waals surface area contributed by atoms with Crippen molar-refractivity contribution in [3.63, 3.8) is 0 Å². The number of hydrogen-bond acceptors (Lipinski definition) is 7. The van der Waals surface area contributed by atoms with Gasteiger partial charge in [0.2, 0.25) is 5.13 Å². The highest BCUT2D eigenvalue weighted by atomic mass is 79.9. The van der Waals surface area contributed by atoms with Crippen LogP contribution in [0.3, 0.4) is 0 Å². The molecule has 1 atom stereocenters. The summed E-state index contributed by atoms with van der Waals surface area (Å²) in [5.41, 5.74) is 2.83. The molecule has 0 spiro atoms. The molecule has 7 nitrogen and oxygen atoms in total. The summed E-state index contributed by atoms with van der Waals surface area (Å²) >= 11 is 4.76. The van der Waals surface area contributed by atoms with Crippen molar-refractivity contribution in [2.45, 2.75) is 13.0 Å². The number of aromatic hydroxyl groups is 1. The zero-order valence-corrected chi connectivity index (χ0v) is 17.1. The van der Waals surface area contributed by atoms with Gasteiger partial charge in [0.15, 0.2) is 6.04 Å². The zero-order chi connectivity index (χ0) is 19.7. The molecule has 9 heteroatoms. The van der Waals surface area contributed by atoms with Crippen molar-refractivity contribution in [3.05, 3.63) is 58.4 Å². The van der Waals surface area contributed by atoms with Crippen LogP contribution >= 0.6 is 27.3 Å². The van der Waals surface area contributed by atoms with Crippen molar-refractivity contribution in [3.8, 4) is 17.0 Å². The maximum absolute atomic E-state index is 12.8. The number of phenols is 1. The first kappa shape index (κ1) is 18.5. The highest BCUT2D eigenvalue weighted by Crippen LogP contribution is 2.31. The highest BCUT2D eigenvalue weighted by molar-refractivity contribution is 9.10. The van der Waals surface area contributed by atoms with E-state index in [2.05, 4.69) is 36.2 Å². The molecule has 0 radical (unpaired) electrons. The summed E-state index contributed by atoms with van der Waals surface area (Å²) in [6.45, 7) is 1.74. The molecule has 1 aliphatic rings. The summed E-state index contributed by atoms with van der Waals surface area (Å²) in [4.78, 5) is 17.3. The van der Waals surface area contributed by atoms with E-state index in [1.165, 1.54) is 28.5 Å². The number of aromatic nitrogens is 1. The summed E-state index contributed by atoms with van der Waals surface area (Å²) in [6, 6.07) is 13.3. The molecular weight excluding hydrogens is 442 g/mol. The number of phenolic OH excluding ortho intramolecular Hbond substituents is 1. The first-order valence-corrected chi connectivity index (χ1v) is 9.99. The van der Waals surface area contributed by atoms with Gasteiger partial charge in [-0.05, 0) is 43.3 Å². The van der Waals surface area contributed by atoms with E-state index >= 15 is 0 Å². The molecule has 1 aromatic heterocycles. The minimum absolute atomic E-state index is 0.144. The molecule has 0 saturated heterocycles. The fourth-order valence-electron chi connectivity index (χ4n) is 2.58. The molecule has 2 heterocycles. The minimum Gasteiger partial charge on any atom is -0.508 e. The van der Waals surface area contributed by atoms with Crippen molar-refractivity contribution in [2.75, 3.05) is 5.01 Å². The second kappa shape index (κ2) is 7.61. The van der Waals surface area contributed by atoms with Crippen LogP contribution in [0.2, 0.25) is 0 Å². The summed E-state index contributed by atoms with van der Waals surface area (Å²) in [7, 11) is 0. The first-order chi connectivity index (χ1) is 13.5. The second-order valence-electron chi connectivity index (χ2n) is 6.05. The van der Waals surface area contributed by atoms with Crippen molar-refractivity contribution in [2.24, 2.45) is 15.3 Å². The molecule has 28 heavy (non-hydrogen) atoms. The molecule has 4 rings (SSSR count). The van der Waals surface area contributed by atoms with Crippen LogP contribution in [0.15, 0.2) is 73.7 Å². The third-order valence-electron chi connectivity index (χ3n) is 4.05. The summed E-state index contributed by atoms with van der Waals surface area (Å²) in [6.07, 6.45) is 0. The predicted molar refractivity (Wildman–Crippen MR) is 112 cm³/mol. The highest BCUT2D eigenvalue weighted by Gasteiger charge is 2.36. The van der Waals surface area contributed by atoms with Gasteiger partial charge in [-0.15, -0.1) is 11.3 Å². The Balaban J connectivity index is 1.53. The number of thiazole rings is 1. The Morgan fingerprint density at radius 3 is 2.57 bits per heavy atom. The van der Waals surface area contributed by atoms with Gasteiger partial charge in [-0.2, -0.15) is 20.3 Å². The molecule has 0 unspecified atom stereocenters.